The highest BCUT2D eigenvalue weighted by atomic mass is 35.5. The second-order valence-electron chi connectivity index (χ2n) is 5.27. The highest BCUT2D eigenvalue weighted by Crippen LogP contribution is 2.20. The lowest BCUT2D eigenvalue weighted by Crippen LogP contribution is -2.20. The van der Waals surface area contributed by atoms with E-state index in [4.69, 9.17) is 11.6 Å². The molecule has 22 heavy (non-hydrogen) atoms. The number of halogens is 1. The van der Waals surface area contributed by atoms with Gasteiger partial charge in [-0.15, -0.1) is 0 Å². The van der Waals surface area contributed by atoms with Gasteiger partial charge in [0.05, 0.1) is 0 Å². The summed E-state index contributed by atoms with van der Waals surface area (Å²) in [4.78, 5) is 11.0. The average Bonchev–Trinajstić information content (AvgIpc) is 2.50. The molecule has 0 fully saturated rings. The van der Waals surface area contributed by atoms with Crippen molar-refractivity contribution in [1.82, 2.24) is 5.32 Å². The summed E-state index contributed by atoms with van der Waals surface area (Å²) in [6.45, 7) is 4.45. The molecule has 0 aliphatic carbocycles. The Bertz CT molecular complexity index is 608. The summed E-state index contributed by atoms with van der Waals surface area (Å²) in [5.74, 6) is -0.0559. The van der Waals surface area contributed by atoms with Gasteiger partial charge in [-0.25, -0.2) is 0 Å². The third-order valence-corrected chi connectivity index (χ3v) is 3.76. The standard InChI is InChI=1S/C18H21ClN2O/c1-3-18(15-6-8-16(19)9-7-15)20-12-14-4-10-17(11-5-14)21-13(2)22/h4-11,18,20H,3,12H2,1-2H3,(H,21,22)/t18-/m1/s1. The van der Waals surface area contributed by atoms with Crippen molar-refractivity contribution in [3.05, 3.63) is 64.7 Å². The lowest BCUT2D eigenvalue weighted by molar-refractivity contribution is -0.114. The molecule has 2 rings (SSSR count). The topological polar surface area (TPSA) is 41.1 Å². The molecule has 0 radical (unpaired) electrons. The molecule has 3 nitrogen and oxygen atoms in total. The first kappa shape index (κ1) is 16.5. The third-order valence-electron chi connectivity index (χ3n) is 3.51. The van der Waals surface area contributed by atoms with Gasteiger partial charge in [0.25, 0.3) is 0 Å². The molecule has 0 aliphatic heterocycles. The molecule has 1 amide bonds. The molecule has 0 spiro atoms. The zero-order valence-corrected chi connectivity index (χ0v) is 13.7. The van der Waals surface area contributed by atoms with E-state index in [0.717, 1.165) is 23.7 Å². The van der Waals surface area contributed by atoms with Crippen LogP contribution in [0.3, 0.4) is 0 Å². The largest absolute Gasteiger partial charge is 0.326 e. The van der Waals surface area contributed by atoms with Crippen LogP contribution >= 0.6 is 11.6 Å². The van der Waals surface area contributed by atoms with Crippen molar-refractivity contribution in [2.24, 2.45) is 0 Å². The zero-order chi connectivity index (χ0) is 15.9. The molecule has 0 heterocycles. The van der Waals surface area contributed by atoms with E-state index < -0.39 is 0 Å². The van der Waals surface area contributed by atoms with Gasteiger partial charge >= 0.3 is 0 Å². The molecule has 0 saturated carbocycles. The average molecular weight is 317 g/mol. The van der Waals surface area contributed by atoms with Crippen molar-refractivity contribution in [3.8, 4) is 0 Å². The molecule has 0 unspecified atom stereocenters. The van der Waals surface area contributed by atoms with Crippen molar-refractivity contribution < 1.29 is 4.79 Å². The fourth-order valence-electron chi connectivity index (χ4n) is 2.34. The van der Waals surface area contributed by atoms with Crippen molar-refractivity contribution >= 4 is 23.2 Å². The minimum absolute atomic E-state index is 0.0559. The van der Waals surface area contributed by atoms with E-state index in [2.05, 4.69) is 29.7 Å². The highest BCUT2D eigenvalue weighted by molar-refractivity contribution is 6.30. The first-order valence-corrected chi connectivity index (χ1v) is 7.81. The third kappa shape index (κ3) is 4.86. The molecular weight excluding hydrogens is 296 g/mol. The van der Waals surface area contributed by atoms with E-state index in [9.17, 15) is 4.79 Å². The molecule has 0 aliphatic rings. The van der Waals surface area contributed by atoms with E-state index in [1.54, 1.807) is 0 Å². The lowest BCUT2D eigenvalue weighted by Gasteiger charge is -2.18. The number of nitrogens with one attached hydrogen (secondary N) is 2. The van der Waals surface area contributed by atoms with Gasteiger partial charge < -0.3 is 10.6 Å². The summed E-state index contributed by atoms with van der Waals surface area (Å²) in [5, 5.41) is 7.08. The smallest absolute Gasteiger partial charge is 0.221 e. The molecule has 1 atom stereocenters. The Balaban J connectivity index is 1.95. The van der Waals surface area contributed by atoms with Crippen LogP contribution in [-0.4, -0.2) is 5.91 Å². The maximum atomic E-state index is 11.0. The summed E-state index contributed by atoms with van der Waals surface area (Å²) in [6.07, 6.45) is 1.01. The van der Waals surface area contributed by atoms with Crippen molar-refractivity contribution in [1.29, 1.82) is 0 Å². The van der Waals surface area contributed by atoms with Gasteiger partial charge in [0.1, 0.15) is 0 Å². The van der Waals surface area contributed by atoms with E-state index in [-0.39, 0.29) is 5.91 Å². The Morgan fingerprint density at radius 1 is 1.09 bits per heavy atom. The van der Waals surface area contributed by atoms with E-state index in [0.29, 0.717) is 6.04 Å². The molecule has 2 aromatic rings. The lowest BCUT2D eigenvalue weighted by atomic mass is 10.0. The summed E-state index contributed by atoms with van der Waals surface area (Å²) in [5.41, 5.74) is 3.24. The van der Waals surface area contributed by atoms with Crippen molar-refractivity contribution in [2.45, 2.75) is 32.9 Å². The summed E-state index contributed by atoms with van der Waals surface area (Å²) >= 11 is 5.93. The first-order chi connectivity index (χ1) is 10.6. The van der Waals surface area contributed by atoms with Gasteiger partial charge in [-0.05, 0) is 41.8 Å². The molecule has 116 valence electrons. The predicted octanol–water partition coefficient (Wildman–Crippen LogP) is 4.54. The van der Waals surface area contributed by atoms with Crippen LogP contribution in [0.15, 0.2) is 48.5 Å². The first-order valence-electron chi connectivity index (χ1n) is 7.44. The quantitative estimate of drug-likeness (QED) is 0.821. The summed E-state index contributed by atoms with van der Waals surface area (Å²) in [6, 6.07) is 16.1. The molecular formula is C18H21ClN2O. The number of amides is 1. The van der Waals surface area contributed by atoms with Gasteiger partial charge in [0.15, 0.2) is 0 Å². The number of rotatable bonds is 6. The van der Waals surface area contributed by atoms with Crippen molar-refractivity contribution in [3.63, 3.8) is 0 Å². The maximum absolute atomic E-state index is 11.0. The van der Waals surface area contributed by atoms with Crippen LogP contribution in [0.1, 0.15) is 37.4 Å². The molecule has 2 N–H and O–H groups in total. The monoisotopic (exact) mass is 316 g/mol. The normalized spacial score (nSPS) is 12.0. The van der Waals surface area contributed by atoms with Crippen LogP contribution in [0.4, 0.5) is 5.69 Å². The predicted molar refractivity (Wildman–Crippen MR) is 92.1 cm³/mol. The Kier molecular flexibility index (Phi) is 5.99. The van der Waals surface area contributed by atoms with Gasteiger partial charge in [-0.1, -0.05) is 42.8 Å². The minimum atomic E-state index is -0.0559. The number of carbonyl (C=O) groups excluding carboxylic acids is 1. The van der Waals surface area contributed by atoms with Crippen LogP contribution in [0.5, 0.6) is 0 Å². The van der Waals surface area contributed by atoms with Gasteiger partial charge in [-0.2, -0.15) is 0 Å². The second kappa shape index (κ2) is 7.97. The molecule has 0 saturated heterocycles. The number of hydrogen-bond donors (Lipinski definition) is 2. The SMILES string of the molecule is CC[C@@H](NCc1ccc(NC(C)=O)cc1)c1ccc(Cl)cc1. The van der Waals surface area contributed by atoms with Crippen molar-refractivity contribution in [2.75, 3.05) is 5.32 Å². The molecule has 0 aromatic heterocycles. The highest BCUT2D eigenvalue weighted by Gasteiger charge is 2.08. The van der Waals surface area contributed by atoms with E-state index in [1.165, 1.54) is 18.1 Å². The van der Waals surface area contributed by atoms with Crippen LogP contribution in [0, 0.1) is 0 Å². The number of benzene rings is 2. The minimum Gasteiger partial charge on any atom is -0.326 e. The van der Waals surface area contributed by atoms with Crippen LogP contribution in [-0.2, 0) is 11.3 Å². The van der Waals surface area contributed by atoms with E-state index >= 15 is 0 Å². The fourth-order valence-corrected chi connectivity index (χ4v) is 2.47. The summed E-state index contributed by atoms with van der Waals surface area (Å²) < 4.78 is 0. The molecule has 2 aromatic carbocycles. The second-order valence-corrected chi connectivity index (χ2v) is 5.71. The Labute approximate surface area is 136 Å². The number of carbonyl (C=O) groups is 1. The van der Waals surface area contributed by atoms with Gasteiger partial charge in [0.2, 0.25) is 5.91 Å². The Morgan fingerprint density at radius 2 is 1.73 bits per heavy atom. The van der Waals surface area contributed by atoms with Gasteiger partial charge in [0, 0.05) is 30.2 Å². The summed E-state index contributed by atoms with van der Waals surface area (Å²) in [7, 11) is 0. The Morgan fingerprint density at radius 3 is 2.27 bits per heavy atom. The Hall–Kier alpha value is -1.84. The maximum Gasteiger partial charge on any atom is 0.221 e. The van der Waals surface area contributed by atoms with Crippen LogP contribution < -0.4 is 10.6 Å². The number of anilines is 1. The zero-order valence-electron chi connectivity index (χ0n) is 12.9. The fraction of sp³-hybridized carbons (Fsp3) is 0.278. The molecule has 4 heteroatoms. The van der Waals surface area contributed by atoms with Gasteiger partial charge in [-0.3, -0.25) is 4.79 Å². The van der Waals surface area contributed by atoms with Crippen LogP contribution in [0.25, 0.3) is 0 Å². The number of hydrogen-bond acceptors (Lipinski definition) is 2. The van der Waals surface area contributed by atoms with E-state index in [1.807, 2.05) is 36.4 Å². The molecule has 0 bridgehead atoms. The van der Waals surface area contributed by atoms with Crippen LogP contribution in [0.2, 0.25) is 5.02 Å².